The third-order valence-electron chi connectivity index (χ3n) is 5.29. The summed E-state index contributed by atoms with van der Waals surface area (Å²) in [6, 6.07) is 18.0. The van der Waals surface area contributed by atoms with Gasteiger partial charge in [0.1, 0.15) is 5.82 Å². The Bertz CT molecular complexity index is 1100. The minimum absolute atomic E-state index is 0.0594. The number of rotatable bonds is 4. The van der Waals surface area contributed by atoms with Crippen molar-refractivity contribution in [3.63, 3.8) is 0 Å². The predicted octanol–water partition coefficient (Wildman–Crippen LogP) is 5.17. The molecule has 1 aliphatic rings. The van der Waals surface area contributed by atoms with Gasteiger partial charge in [0.15, 0.2) is 0 Å². The highest BCUT2D eigenvalue weighted by Gasteiger charge is 2.26. The molecule has 4 nitrogen and oxygen atoms in total. The van der Waals surface area contributed by atoms with E-state index < -0.39 is 0 Å². The van der Waals surface area contributed by atoms with Crippen LogP contribution in [0.1, 0.15) is 44.8 Å². The molecule has 0 unspecified atom stereocenters. The van der Waals surface area contributed by atoms with E-state index in [1.165, 1.54) is 24.3 Å². The van der Waals surface area contributed by atoms with Crippen LogP contribution in [0.15, 0.2) is 66.7 Å². The second-order valence-corrected chi connectivity index (χ2v) is 7.74. The molecular weight excluding hydrogens is 403 g/mol. The Morgan fingerprint density at radius 2 is 1.67 bits per heavy atom. The standard InChI is InChI=1S/C24H20ClFN2O2/c1-15(27-23(29)16-4-9-21(26)10-5-16)18-6-11-22-19(14-18)12-13-28(22)24(30)17-2-7-20(25)8-3-17/h2-11,14-15H,12-13H2,1H3,(H,27,29)/t15-/m1/s1. The second-order valence-electron chi connectivity index (χ2n) is 7.30. The third kappa shape index (κ3) is 4.07. The Labute approximate surface area is 179 Å². The summed E-state index contributed by atoms with van der Waals surface area (Å²) in [4.78, 5) is 27.0. The summed E-state index contributed by atoms with van der Waals surface area (Å²) in [5.74, 6) is -0.700. The van der Waals surface area contributed by atoms with Crippen molar-refractivity contribution in [3.05, 3.63) is 99.8 Å². The molecule has 3 aromatic carbocycles. The van der Waals surface area contributed by atoms with Crippen LogP contribution >= 0.6 is 11.6 Å². The topological polar surface area (TPSA) is 49.4 Å². The largest absolute Gasteiger partial charge is 0.346 e. The molecule has 1 atom stereocenters. The fraction of sp³-hybridized carbons (Fsp3) is 0.167. The number of nitrogens with one attached hydrogen (secondary N) is 1. The van der Waals surface area contributed by atoms with Gasteiger partial charge >= 0.3 is 0 Å². The smallest absolute Gasteiger partial charge is 0.258 e. The highest BCUT2D eigenvalue weighted by atomic mass is 35.5. The fourth-order valence-electron chi connectivity index (χ4n) is 3.61. The summed E-state index contributed by atoms with van der Waals surface area (Å²) in [6.07, 6.45) is 0.751. The molecule has 0 saturated heterocycles. The number of nitrogens with zero attached hydrogens (tertiary/aromatic N) is 1. The molecule has 4 rings (SSSR count). The van der Waals surface area contributed by atoms with Crippen LogP contribution in [0.5, 0.6) is 0 Å². The number of carbonyl (C=O) groups excluding carboxylic acids is 2. The lowest BCUT2D eigenvalue weighted by Crippen LogP contribution is -2.29. The molecule has 2 amide bonds. The molecule has 0 fully saturated rings. The van der Waals surface area contributed by atoms with Gasteiger partial charge in [0.25, 0.3) is 11.8 Å². The number of fused-ring (bicyclic) bond motifs is 1. The van der Waals surface area contributed by atoms with Crippen molar-refractivity contribution in [1.29, 1.82) is 0 Å². The van der Waals surface area contributed by atoms with E-state index in [0.29, 0.717) is 22.7 Å². The minimum Gasteiger partial charge on any atom is -0.346 e. The summed E-state index contributed by atoms with van der Waals surface area (Å²) in [5, 5.41) is 3.53. The van der Waals surface area contributed by atoms with Gasteiger partial charge in [-0.25, -0.2) is 4.39 Å². The number of anilines is 1. The van der Waals surface area contributed by atoms with Crippen LogP contribution in [-0.2, 0) is 6.42 Å². The number of carbonyl (C=O) groups is 2. The molecule has 0 saturated carbocycles. The molecule has 0 bridgehead atoms. The quantitative estimate of drug-likeness (QED) is 0.630. The Morgan fingerprint density at radius 1 is 1.00 bits per heavy atom. The number of hydrogen-bond donors (Lipinski definition) is 1. The van der Waals surface area contributed by atoms with Crippen LogP contribution in [0.2, 0.25) is 5.02 Å². The lowest BCUT2D eigenvalue weighted by atomic mass is 10.0. The Hall–Kier alpha value is -3.18. The fourth-order valence-corrected chi connectivity index (χ4v) is 3.74. The van der Waals surface area contributed by atoms with Gasteiger partial charge in [-0.2, -0.15) is 0 Å². The monoisotopic (exact) mass is 422 g/mol. The first-order chi connectivity index (χ1) is 14.4. The van der Waals surface area contributed by atoms with Gasteiger partial charge in [-0.1, -0.05) is 23.7 Å². The van der Waals surface area contributed by atoms with E-state index in [1.54, 1.807) is 29.2 Å². The molecule has 1 N–H and O–H groups in total. The van der Waals surface area contributed by atoms with Crippen molar-refractivity contribution in [3.8, 4) is 0 Å². The zero-order valence-corrected chi connectivity index (χ0v) is 17.1. The van der Waals surface area contributed by atoms with Crippen molar-refractivity contribution < 1.29 is 14.0 Å². The lowest BCUT2D eigenvalue weighted by molar-refractivity contribution is 0.0938. The van der Waals surface area contributed by atoms with E-state index in [1.807, 2.05) is 25.1 Å². The lowest BCUT2D eigenvalue weighted by Gasteiger charge is -2.19. The van der Waals surface area contributed by atoms with E-state index in [0.717, 1.165) is 23.2 Å². The van der Waals surface area contributed by atoms with Gasteiger partial charge in [0.2, 0.25) is 0 Å². The van der Waals surface area contributed by atoms with E-state index in [-0.39, 0.29) is 23.7 Å². The van der Waals surface area contributed by atoms with Crippen LogP contribution < -0.4 is 10.2 Å². The van der Waals surface area contributed by atoms with Crippen LogP contribution in [0, 0.1) is 5.82 Å². The van der Waals surface area contributed by atoms with Gasteiger partial charge in [-0.3, -0.25) is 9.59 Å². The first-order valence-electron chi connectivity index (χ1n) is 9.69. The SMILES string of the molecule is C[C@@H](NC(=O)c1ccc(F)cc1)c1ccc2c(c1)CCN2C(=O)c1ccc(Cl)cc1. The molecule has 0 radical (unpaired) electrons. The highest BCUT2D eigenvalue weighted by molar-refractivity contribution is 6.30. The van der Waals surface area contributed by atoms with Gasteiger partial charge < -0.3 is 10.2 Å². The van der Waals surface area contributed by atoms with Crippen molar-refractivity contribution >= 4 is 29.1 Å². The van der Waals surface area contributed by atoms with Crippen LogP contribution in [-0.4, -0.2) is 18.4 Å². The normalized spacial score (nSPS) is 13.6. The Balaban J connectivity index is 1.49. The number of benzene rings is 3. The first-order valence-corrected chi connectivity index (χ1v) is 10.1. The van der Waals surface area contributed by atoms with E-state index in [9.17, 15) is 14.0 Å². The molecular formula is C24H20ClFN2O2. The summed E-state index contributed by atoms with van der Waals surface area (Å²) < 4.78 is 13.1. The molecule has 1 aliphatic heterocycles. The molecule has 0 aliphatic carbocycles. The first kappa shape index (κ1) is 20.1. The zero-order chi connectivity index (χ0) is 21.3. The number of hydrogen-bond acceptors (Lipinski definition) is 2. The second kappa shape index (κ2) is 8.28. The van der Waals surface area contributed by atoms with Crippen LogP contribution in [0.3, 0.4) is 0 Å². The molecule has 3 aromatic rings. The number of amides is 2. The van der Waals surface area contributed by atoms with Gasteiger partial charge in [-0.15, -0.1) is 0 Å². The average Bonchev–Trinajstić information content (AvgIpc) is 3.17. The van der Waals surface area contributed by atoms with Crippen LogP contribution in [0.4, 0.5) is 10.1 Å². The molecule has 0 aromatic heterocycles. The molecule has 152 valence electrons. The molecule has 30 heavy (non-hydrogen) atoms. The van der Waals surface area contributed by atoms with Gasteiger partial charge in [0, 0.05) is 28.4 Å². The minimum atomic E-state index is -0.379. The van der Waals surface area contributed by atoms with Crippen molar-refractivity contribution in [2.45, 2.75) is 19.4 Å². The molecule has 0 spiro atoms. The van der Waals surface area contributed by atoms with Crippen LogP contribution in [0.25, 0.3) is 0 Å². The van der Waals surface area contributed by atoms with Crippen molar-refractivity contribution in [2.75, 3.05) is 11.4 Å². The zero-order valence-electron chi connectivity index (χ0n) is 16.4. The summed E-state index contributed by atoms with van der Waals surface area (Å²) in [6.45, 7) is 2.51. The van der Waals surface area contributed by atoms with E-state index >= 15 is 0 Å². The van der Waals surface area contributed by atoms with Crippen molar-refractivity contribution in [1.82, 2.24) is 5.32 Å². The highest BCUT2D eigenvalue weighted by Crippen LogP contribution is 2.32. The number of halogens is 2. The summed E-state index contributed by atoms with van der Waals surface area (Å²) in [7, 11) is 0. The maximum atomic E-state index is 13.1. The third-order valence-corrected chi connectivity index (χ3v) is 5.54. The predicted molar refractivity (Wildman–Crippen MR) is 116 cm³/mol. The Morgan fingerprint density at radius 3 is 2.37 bits per heavy atom. The van der Waals surface area contributed by atoms with E-state index in [4.69, 9.17) is 11.6 Å². The molecule has 6 heteroatoms. The summed E-state index contributed by atoms with van der Waals surface area (Å²) >= 11 is 5.91. The maximum absolute atomic E-state index is 13.1. The van der Waals surface area contributed by atoms with Crippen molar-refractivity contribution in [2.24, 2.45) is 0 Å². The van der Waals surface area contributed by atoms with E-state index in [2.05, 4.69) is 5.32 Å². The van der Waals surface area contributed by atoms with Gasteiger partial charge in [0.05, 0.1) is 6.04 Å². The van der Waals surface area contributed by atoms with Gasteiger partial charge in [-0.05, 0) is 79.1 Å². The average molecular weight is 423 g/mol. The molecule has 1 heterocycles. The Kier molecular flexibility index (Phi) is 5.55. The maximum Gasteiger partial charge on any atom is 0.258 e. The summed E-state index contributed by atoms with van der Waals surface area (Å²) in [5.41, 5.74) is 3.90.